The van der Waals surface area contributed by atoms with Crippen molar-refractivity contribution < 1.29 is 4.79 Å². The van der Waals surface area contributed by atoms with Crippen molar-refractivity contribution in [1.29, 1.82) is 0 Å². The lowest BCUT2D eigenvalue weighted by atomic mass is 9.97. The van der Waals surface area contributed by atoms with Gasteiger partial charge in [0.15, 0.2) is 5.78 Å². The number of nitrogens with zero attached hydrogens (tertiary/aromatic N) is 1. The summed E-state index contributed by atoms with van der Waals surface area (Å²) in [6.07, 6.45) is 4.40. The molecule has 2 nitrogen and oxygen atoms in total. The van der Waals surface area contributed by atoms with Gasteiger partial charge in [-0.05, 0) is 37.4 Å². The minimum absolute atomic E-state index is 0. The molecule has 0 saturated carbocycles. The molecule has 128 valence electrons. The number of rotatable bonds is 5. The zero-order valence-electron chi connectivity index (χ0n) is 14.3. The Balaban J connectivity index is 0.00000208. The lowest BCUT2D eigenvalue weighted by molar-refractivity contribution is 0.0992. The van der Waals surface area contributed by atoms with Gasteiger partial charge in [0, 0.05) is 24.6 Å². The zero-order valence-corrected chi connectivity index (χ0v) is 15.1. The molecule has 3 rings (SSSR count). The number of carbonyl (C=O) groups is 1. The highest BCUT2D eigenvalue weighted by Crippen LogP contribution is 2.21. The summed E-state index contributed by atoms with van der Waals surface area (Å²) < 4.78 is 0. The average molecular weight is 344 g/mol. The molecule has 1 heterocycles. The molecule has 0 spiro atoms. The molecule has 0 bridgehead atoms. The van der Waals surface area contributed by atoms with Crippen molar-refractivity contribution >= 4 is 18.2 Å². The smallest absolute Gasteiger partial charge is 0.167 e. The van der Waals surface area contributed by atoms with E-state index in [9.17, 15) is 4.79 Å². The normalized spacial score (nSPS) is 18.0. The second-order valence-corrected chi connectivity index (χ2v) is 6.55. The molecular formula is C21H26ClNO. The maximum Gasteiger partial charge on any atom is 0.167 e. The fourth-order valence-electron chi connectivity index (χ4n) is 3.39. The number of hydrogen-bond donors (Lipinski definition) is 0. The lowest BCUT2D eigenvalue weighted by Gasteiger charge is -2.33. The zero-order chi connectivity index (χ0) is 16.1. The molecular weight excluding hydrogens is 318 g/mol. The van der Waals surface area contributed by atoms with E-state index >= 15 is 0 Å². The van der Waals surface area contributed by atoms with Crippen molar-refractivity contribution in [2.24, 2.45) is 0 Å². The monoisotopic (exact) mass is 343 g/mol. The molecule has 0 aromatic heterocycles. The van der Waals surface area contributed by atoms with Gasteiger partial charge in [-0.3, -0.25) is 9.69 Å². The first kappa shape index (κ1) is 18.7. The minimum atomic E-state index is 0. The fourth-order valence-corrected chi connectivity index (χ4v) is 3.39. The third kappa shape index (κ3) is 4.68. The highest BCUT2D eigenvalue weighted by atomic mass is 35.5. The van der Waals surface area contributed by atoms with E-state index in [2.05, 4.69) is 30.0 Å². The van der Waals surface area contributed by atoms with E-state index in [1.165, 1.54) is 36.9 Å². The predicted molar refractivity (Wildman–Crippen MR) is 102 cm³/mol. The number of likely N-dealkylation sites (tertiary alicyclic amines) is 1. The Labute approximate surface area is 151 Å². The summed E-state index contributed by atoms with van der Waals surface area (Å²) in [6.45, 7) is 4.44. The van der Waals surface area contributed by atoms with Gasteiger partial charge in [0.1, 0.15) is 0 Å². The van der Waals surface area contributed by atoms with Gasteiger partial charge >= 0.3 is 0 Å². The van der Waals surface area contributed by atoms with Gasteiger partial charge in [-0.2, -0.15) is 0 Å². The molecule has 0 amide bonds. The lowest BCUT2D eigenvalue weighted by Crippen LogP contribution is -2.37. The van der Waals surface area contributed by atoms with Gasteiger partial charge in [-0.15, -0.1) is 12.4 Å². The van der Waals surface area contributed by atoms with Crippen LogP contribution in [0.2, 0.25) is 0 Å². The minimum Gasteiger partial charge on any atom is -0.296 e. The van der Waals surface area contributed by atoms with E-state index in [0.29, 0.717) is 12.5 Å². The van der Waals surface area contributed by atoms with Crippen molar-refractivity contribution in [2.75, 3.05) is 6.54 Å². The Morgan fingerprint density at radius 2 is 1.67 bits per heavy atom. The van der Waals surface area contributed by atoms with Crippen LogP contribution in [-0.4, -0.2) is 23.3 Å². The Hall–Kier alpha value is -1.64. The van der Waals surface area contributed by atoms with Crippen LogP contribution in [0.4, 0.5) is 0 Å². The Morgan fingerprint density at radius 1 is 1.00 bits per heavy atom. The van der Waals surface area contributed by atoms with Gasteiger partial charge < -0.3 is 0 Å². The van der Waals surface area contributed by atoms with Gasteiger partial charge in [-0.1, -0.05) is 61.0 Å². The maximum atomic E-state index is 12.5. The molecule has 2 aromatic rings. The van der Waals surface area contributed by atoms with Crippen LogP contribution >= 0.6 is 12.4 Å². The van der Waals surface area contributed by atoms with Gasteiger partial charge in [0.2, 0.25) is 0 Å². The highest BCUT2D eigenvalue weighted by Gasteiger charge is 2.19. The van der Waals surface area contributed by atoms with Crippen LogP contribution in [0.3, 0.4) is 0 Å². The predicted octanol–water partition coefficient (Wildman–Crippen LogP) is 4.91. The summed E-state index contributed by atoms with van der Waals surface area (Å²) in [6, 6.07) is 18.6. The summed E-state index contributed by atoms with van der Waals surface area (Å²) >= 11 is 0. The number of benzene rings is 2. The number of piperidine rings is 1. The molecule has 1 fully saturated rings. The number of Topliss-reactive ketones (excluding diaryl/α,β-unsaturated/α-hetero) is 1. The van der Waals surface area contributed by atoms with Crippen LogP contribution in [-0.2, 0) is 13.0 Å². The van der Waals surface area contributed by atoms with Crippen molar-refractivity contribution in [3.05, 3.63) is 71.3 Å². The molecule has 3 heteroatoms. The van der Waals surface area contributed by atoms with Crippen LogP contribution in [0.5, 0.6) is 0 Å². The van der Waals surface area contributed by atoms with Crippen LogP contribution in [0.25, 0.3) is 0 Å². The number of carbonyl (C=O) groups excluding carboxylic acids is 1. The first-order chi connectivity index (χ1) is 11.2. The van der Waals surface area contributed by atoms with Crippen molar-refractivity contribution in [2.45, 2.75) is 45.2 Å². The first-order valence-electron chi connectivity index (χ1n) is 8.63. The Kier molecular flexibility index (Phi) is 7.01. The Bertz CT molecular complexity index is 656. The standard InChI is InChI=1S/C21H25NO.ClH/c1-17-9-7-8-14-22(17)16-20-13-6-5-12-19(20)15-21(23)18-10-3-2-4-11-18;/h2-6,10-13,17H,7-9,14-16H2,1H3;1H. The molecule has 0 radical (unpaired) electrons. The van der Waals surface area contributed by atoms with Crippen molar-refractivity contribution in [1.82, 2.24) is 4.90 Å². The van der Waals surface area contributed by atoms with Gasteiger partial charge in [0.25, 0.3) is 0 Å². The van der Waals surface area contributed by atoms with Crippen LogP contribution in [0.15, 0.2) is 54.6 Å². The van der Waals surface area contributed by atoms with E-state index in [1.54, 1.807) is 0 Å². The molecule has 1 aliphatic heterocycles. The van der Waals surface area contributed by atoms with Gasteiger partial charge in [0.05, 0.1) is 0 Å². The summed E-state index contributed by atoms with van der Waals surface area (Å²) in [4.78, 5) is 15.1. The van der Waals surface area contributed by atoms with E-state index in [0.717, 1.165) is 12.1 Å². The fraction of sp³-hybridized carbons (Fsp3) is 0.381. The average Bonchev–Trinajstić information content (AvgIpc) is 2.59. The summed E-state index contributed by atoms with van der Waals surface area (Å²) in [5, 5.41) is 0. The summed E-state index contributed by atoms with van der Waals surface area (Å²) in [5.74, 6) is 0.199. The number of halogens is 1. The summed E-state index contributed by atoms with van der Waals surface area (Å²) in [7, 11) is 0. The van der Waals surface area contributed by atoms with Crippen LogP contribution in [0.1, 0.15) is 47.7 Å². The van der Waals surface area contributed by atoms with Crippen LogP contribution in [0, 0.1) is 0 Å². The van der Waals surface area contributed by atoms with Crippen molar-refractivity contribution in [3.63, 3.8) is 0 Å². The quantitative estimate of drug-likeness (QED) is 0.719. The topological polar surface area (TPSA) is 20.3 Å². The highest BCUT2D eigenvalue weighted by molar-refractivity contribution is 5.97. The molecule has 0 aliphatic carbocycles. The molecule has 2 aromatic carbocycles. The second-order valence-electron chi connectivity index (χ2n) is 6.55. The van der Waals surface area contributed by atoms with Gasteiger partial charge in [-0.25, -0.2) is 0 Å². The number of hydrogen-bond acceptors (Lipinski definition) is 2. The van der Waals surface area contributed by atoms with E-state index in [1.807, 2.05) is 36.4 Å². The largest absolute Gasteiger partial charge is 0.296 e. The molecule has 24 heavy (non-hydrogen) atoms. The van der Waals surface area contributed by atoms with E-state index < -0.39 is 0 Å². The molecule has 0 N–H and O–H groups in total. The first-order valence-corrected chi connectivity index (χ1v) is 8.63. The third-order valence-corrected chi connectivity index (χ3v) is 4.88. The van der Waals surface area contributed by atoms with Crippen molar-refractivity contribution in [3.8, 4) is 0 Å². The third-order valence-electron chi connectivity index (χ3n) is 4.88. The SMILES string of the molecule is CC1CCCCN1Cc1ccccc1CC(=O)c1ccccc1.Cl. The molecule has 1 aliphatic rings. The molecule has 1 saturated heterocycles. The molecule has 1 unspecified atom stereocenters. The number of ketones is 1. The summed E-state index contributed by atoms with van der Waals surface area (Å²) in [5.41, 5.74) is 3.26. The Morgan fingerprint density at radius 3 is 2.38 bits per heavy atom. The molecule has 1 atom stereocenters. The van der Waals surface area contributed by atoms with E-state index in [4.69, 9.17) is 0 Å². The van der Waals surface area contributed by atoms with E-state index in [-0.39, 0.29) is 18.2 Å². The maximum absolute atomic E-state index is 12.5. The van der Waals surface area contributed by atoms with Crippen LogP contribution < -0.4 is 0 Å². The second kappa shape index (κ2) is 9.00.